The molecule has 6 nitrogen and oxygen atoms in total. The molecule has 0 N–H and O–H groups in total. The Balaban J connectivity index is 1.35. The number of benzene rings is 2. The van der Waals surface area contributed by atoms with Crippen LogP contribution in [0.2, 0.25) is 0 Å². The highest BCUT2D eigenvalue weighted by molar-refractivity contribution is 5.80. The number of ether oxygens (including phenoxy) is 1. The van der Waals surface area contributed by atoms with Gasteiger partial charge in [-0.15, -0.1) is 0 Å². The molecule has 2 fully saturated rings. The Morgan fingerprint density at radius 2 is 1.71 bits per heavy atom. The second-order valence-corrected chi connectivity index (χ2v) is 8.31. The second-order valence-electron chi connectivity index (χ2n) is 8.31. The number of para-hydroxylation sites is 2. The maximum absolute atomic E-state index is 13.4. The van der Waals surface area contributed by atoms with Gasteiger partial charge in [-0.2, -0.15) is 0 Å². The zero-order valence-corrected chi connectivity index (χ0v) is 17.5. The zero-order valence-electron chi connectivity index (χ0n) is 17.5. The van der Waals surface area contributed by atoms with Gasteiger partial charge in [-0.05, 0) is 42.7 Å². The fourth-order valence-corrected chi connectivity index (χ4v) is 4.60. The quantitative estimate of drug-likeness (QED) is 0.648. The Labute approximate surface area is 181 Å². The fraction of sp³-hybridized carbons (Fsp3) is 0.417. The number of hydrogen-bond donors (Lipinski definition) is 0. The van der Waals surface area contributed by atoms with E-state index in [0.717, 1.165) is 48.5 Å². The van der Waals surface area contributed by atoms with E-state index in [2.05, 4.69) is 15.5 Å². The van der Waals surface area contributed by atoms with E-state index in [1.54, 1.807) is 0 Å². The summed E-state index contributed by atoms with van der Waals surface area (Å²) in [6, 6.07) is 14.7. The molecule has 2 saturated heterocycles. The third kappa shape index (κ3) is 4.14. The molecule has 162 valence electrons. The van der Waals surface area contributed by atoms with Crippen molar-refractivity contribution in [1.82, 2.24) is 14.5 Å². The van der Waals surface area contributed by atoms with Gasteiger partial charge in [-0.3, -0.25) is 4.79 Å². The first kappa shape index (κ1) is 20.0. The normalized spacial score (nSPS) is 18.0. The highest BCUT2D eigenvalue weighted by Gasteiger charge is 2.31. The minimum Gasteiger partial charge on any atom is -0.378 e. The van der Waals surface area contributed by atoms with E-state index in [4.69, 9.17) is 9.72 Å². The van der Waals surface area contributed by atoms with Gasteiger partial charge in [0.2, 0.25) is 11.9 Å². The van der Waals surface area contributed by atoms with Gasteiger partial charge in [0, 0.05) is 32.1 Å². The van der Waals surface area contributed by atoms with Crippen LogP contribution < -0.4 is 4.90 Å². The summed E-state index contributed by atoms with van der Waals surface area (Å²) < 4.78 is 20.9. The van der Waals surface area contributed by atoms with Crippen LogP contribution in [0.3, 0.4) is 0 Å². The van der Waals surface area contributed by atoms with Gasteiger partial charge in [-0.1, -0.05) is 24.3 Å². The molecular formula is C24H27FN4O2. The van der Waals surface area contributed by atoms with Crippen LogP contribution >= 0.6 is 0 Å². The summed E-state index contributed by atoms with van der Waals surface area (Å²) in [5.74, 6) is 1.03. The van der Waals surface area contributed by atoms with Crippen LogP contribution in [0.15, 0.2) is 48.5 Å². The maximum Gasteiger partial charge on any atom is 0.225 e. The number of amides is 1. The molecule has 2 aromatic carbocycles. The molecule has 0 bridgehead atoms. The van der Waals surface area contributed by atoms with E-state index in [1.165, 1.54) is 12.1 Å². The first-order valence-corrected chi connectivity index (χ1v) is 11.0. The molecule has 0 unspecified atom stereocenters. The lowest BCUT2D eigenvalue weighted by Gasteiger charge is -2.36. The van der Waals surface area contributed by atoms with Crippen molar-refractivity contribution in [1.29, 1.82) is 0 Å². The van der Waals surface area contributed by atoms with Crippen LogP contribution in [0.25, 0.3) is 11.0 Å². The Kier molecular flexibility index (Phi) is 5.59. The molecule has 5 rings (SSSR count). The third-order valence-electron chi connectivity index (χ3n) is 6.34. The van der Waals surface area contributed by atoms with Crippen molar-refractivity contribution in [2.75, 3.05) is 44.3 Å². The number of hydrogen-bond acceptors (Lipinski definition) is 4. The molecule has 1 amide bonds. The molecule has 0 saturated carbocycles. The monoisotopic (exact) mass is 422 g/mol. The lowest BCUT2D eigenvalue weighted by atomic mass is 9.95. The van der Waals surface area contributed by atoms with Gasteiger partial charge in [0.05, 0.1) is 30.8 Å². The smallest absolute Gasteiger partial charge is 0.225 e. The topological polar surface area (TPSA) is 50.6 Å². The van der Waals surface area contributed by atoms with Crippen molar-refractivity contribution >= 4 is 22.9 Å². The van der Waals surface area contributed by atoms with Gasteiger partial charge < -0.3 is 19.1 Å². The first-order chi connectivity index (χ1) is 15.2. The average molecular weight is 423 g/mol. The number of nitrogens with zero attached hydrogens (tertiary/aromatic N) is 4. The summed E-state index contributed by atoms with van der Waals surface area (Å²) in [4.78, 5) is 22.0. The van der Waals surface area contributed by atoms with E-state index < -0.39 is 0 Å². The number of rotatable bonds is 4. The number of aromatic nitrogens is 2. The standard InChI is InChI=1S/C24H27FN4O2/c25-20-7-5-18(6-8-20)17-29-22-4-2-1-3-21(22)26-24(29)28-11-9-19(10-12-28)23(30)27-13-15-31-16-14-27/h1-8,19H,9-17H2. The Morgan fingerprint density at radius 3 is 2.45 bits per heavy atom. The number of anilines is 1. The molecule has 0 atom stereocenters. The summed E-state index contributed by atoms with van der Waals surface area (Å²) in [6.07, 6.45) is 1.66. The highest BCUT2D eigenvalue weighted by atomic mass is 19.1. The van der Waals surface area contributed by atoms with E-state index in [9.17, 15) is 9.18 Å². The largest absolute Gasteiger partial charge is 0.378 e. The van der Waals surface area contributed by atoms with Crippen molar-refractivity contribution < 1.29 is 13.9 Å². The number of carbonyl (C=O) groups is 1. The van der Waals surface area contributed by atoms with Crippen molar-refractivity contribution in [3.05, 3.63) is 59.9 Å². The Hall–Kier alpha value is -2.93. The van der Waals surface area contributed by atoms with Gasteiger partial charge >= 0.3 is 0 Å². The van der Waals surface area contributed by atoms with Gasteiger partial charge in [-0.25, -0.2) is 9.37 Å². The van der Waals surface area contributed by atoms with Crippen LogP contribution in [0.4, 0.5) is 10.3 Å². The highest BCUT2D eigenvalue weighted by Crippen LogP contribution is 2.28. The van der Waals surface area contributed by atoms with Crippen LogP contribution in [0, 0.1) is 11.7 Å². The number of halogens is 1. The molecule has 31 heavy (non-hydrogen) atoms. The second kappa shape index (κ2) is 8.67. The van der Waals surface area contributed by atoms with E-state index in [-0.39, 0.29) is 17.6 Å². The molecule has 0 radical (unpaired) electrons. The molecule has 0 aliphatic carbocycles. The zero-order chi connectivity index (χ0) is 21.2. The summed E-state index contributed by atoms with van der Waals surface area (Å²) >= 11 is 0. The molecule has 0 spiro atoms. The van der Waals surface area contributed by atoms with E-state index in [1.807, 2.05) is 35.2 Å². The number of fused-ring (bicyclic) bond motifs is 1. The number of carbonyl (C=O) groups excluding carboxylic acids is 1. The lowest BCUT2D eigenvalue weighted by Crippen LogP contribution is -2.47. The van der Waals surface area contributed by atoms with Crippen LogP contribution in [0.1, 0.15) is 18.4 Å². The molecular weight excluding hydrogens is 395 g/mol. The van der Waals surface area contributed by atoms with Gasteiger partial charge in [0.25, 0.3) is 0 Å². The summed E-state index contributed by atoms with van der Waals surface area (Å²) in [5.41, 5.74) is 3.04. The SMILES string of the molecule is O=C(C1CCN(c2nc3ccccc3n2Cc2ccc(F)cc2)CC1)N1CCOCC1. The van der Waals surface area contributed by atoms with Crippen molar-refractivity contribution in [3.63, 3.8) is 0 Å². The van der Waals surface area contributed by atoms with Crippen molar-refractivity contribution in [2.24, 2.45) is 5.92 Å². The Morgan fingerprint density at radius 1 is 1.00 bits per heavy atom. The maximum atomic E-state index is 13.4. The van der Waals surface area contributed by atoms with Crippen molar-refractivity contribution in [3.8, 4) is 0 Å². The minimum atomic E-state index is -0.230. The predicted octanol–water partition coefficient (Wildman–Crippen LogP) is 3.30. The molecule has 3 heterocycles. The summed E-state index contributed by atoms with van der Waals surface area (Å²) in [7, 11) is 0. The summed E-state index contributed by atoms with van der Waals surface area (Å²) in [5, 5.41) is 0. The first-order valence-electron chi connectivity index (χ1n) is 11.0. The molecule has 2 aliphatic rings. The predicted molar refractivity (Wildman–Crippen MR) is 118 cm³/mol. The van der Waals surface area contributed by atoms with Crippen LogP contribution in [0.5, 0.6) is 0 Å². The number of imidazole rings is 1. The lowest BCUT2D eigenvalue weighted by molar-refractivity contribution is -0.140. The Bertz CT molecular complexity index is 1050. The van der Waals surface area contributed by atoms with Crippen LogP contribution in [-0.4, -0.2) is 59.8 Å². The van der Waals surface area contributed by atoms with E-state index >= 15 is 0 Å². The van der Waals surface area contributed by atoms with Crippen molar-refractivity contribution in [2.45, 2.75) is 19.4 Å². The molecule has 2 aliphatic heterocycles. The molecule has 1 aromatic heterocycles. The minimum absolute atomic E-state index is 0.0734. The molecule has 7 heteroatoms. The fourth-order valence-electron chi connectivity index (χ4n) is 4.60. The van der Waals surface area contributed by atoms with Crippen LogP contribution in [-0.2, 0) is 16.1 Å². The van der Waals surface area contributed by atoms with Gasteiger partial charge in [0.15, 0.2) is 0 Å². The number of piperidine rings is 1. The van der Waals surface area contributed by atoms with E-state index in [0.29, 0.717) is 32.8 Å². The van der Waals surface area contributed by atoms with Gasteiger partial charge in [0.1, 0.15) is 5.82 Å². The summed E-state index contributed by atoms with van der Waals surface area (Å²) in [6.45, 7) is 4.90. The third-order valence-corrected chi connectivity index (χ3v) is 6.34. The average Bonchev–Trinajstić information content (AvgIpc) is 3.19. The number of morpholine rings is 1. The molecule has 3 aromatic rings.